The molecule has 1 aliphatic rings. The van der Waals surface area contributed by atoms with Crippen molar-refractivity contribution in [2.24, 2.45) is 11.5 Å². The number of fused-ring (bicyclic) bond motifs is 2. The number of nitrogens with zero attached hydrogens (tertiary/aromatic N) is 2. The molecule has 0 radical (unpaired) electrons. The summed E-state index contributed by atoms with van der Waals surface area (Å²) in [5, 5.41) is 16.3. The Labute approximate surface area is 399 Å². The van der Waals surface area contributed by atoms with Crippen LogP contribution in [-0.4, -0.2) is 117 Å². The first-order valence-electron chi connectivity index (χ1n) is 22.8. The molecule has 3 heterocycles. The molecule has 19 heteroatoms. The summed E-state index contributed by atoms with van der Waals surface area (Å²) in [6, 6.07) is 18.7. The van der Waals surface area contributed by atoms with Gasteiger partial charge in [-0.25, -0.2) is 9.80 Å². The number of nitrogens with one attached hydrogen (secondary N) is 8. The van der Waals surface area contributed by atoms with Crippen LogP contribution in [-0.2, 0) is 48.0 Å². The number of hydrazine groups is 1. The molecule has 19 nitrogen and oxygen atoms in total. The lowest BCUT2D eigenvalue weighted by Gasteiger charge is -2.27. The van der Waals surface area contributed by atoms with Crippen LogP contribution in [0.5, 0.6) is 0 Å². The second-order valence-electron chi connectivity index (χ2n) is 17.0. The average Bonchev–Trinajstić information content (AvgIpc) is 3.94. The molecule has 2 aromatic heterocycles. The molecule has 6 rings (SSSR count). The molecule has 0 saturated heterocycles. The lowest BCUT2D eigenvalue weighted by molar-refractivity contribution is -0.134. The first kappa shape index (κ1) is 50.3. The molecule has 0 saturated carbocycles. The van der Waals surface area contributed by atoms with Gasteiger partial charge >= 0.3 is 6.03 Å². The summed E-state index contributed by atoms with van der Waals surface area (Å²) in [5.41, 5.74) is 17.8. The Morgan fingerprint density at radius 1 is 0.754 bits per heavy atom. The highest BCUT2D eigenvalue weighted by Gasteiger charge is 2.33. The zero-order valence-corrected chi connectivity index (χ0v) is 38.7. The molecule has 1 aliphatic heterocycles. The highest BCUT2D eigenvalue weighted by molar-refractivity contribution is 5.97. The van der Waals surface area contributed by atoms with Crippen LogP contribution in [0.4, 0.5) is 4.79 Å². The van der Waals surface area contributed by atoms with Crippen molar-refractivity contribution in [3.05, 3.63) is 121 Å². The van der Waals surface area contributed by atoms with Gasteiger partial charge in [-0.3, -0.25) is 34.2 Å². The summed E-state index contributed by atoms with van der Waals surface area (Å²) in [4.78, 5) is 105. The van der Waals surface area contributed by atoms with Gasteiger partial charge in [0, 0.05) is 72.6 Å². The minimum Gasteiger partial charge on any atom is -0.368 e. The van der Waals surface area contributed by atoms with Crippen molar-refractivity contribution in [3.63, 3.8) is 0 Å². The predicted octanol–water partition coefficient (Wildman–Crippen LogP) is 1.51. The average molecular weight is 941 g/mol. The van der Waals surface area contributed by atoms with Crippen molar-refractivity contribution in [2.75, 3.05) is 19.6 Å². The maximum atomic E-state index is 14.6. The minimum atomic E-state index is -1.32. The number of nitrogens with two attached hydrogens (primary N) is 2. The third-order valence-corrected chi connectivity index (χ3v) is 11.7. The van der Waals surface area contributed by atoms with Gasteiger partial charge in [-0.05, 0) is 61.9 Å². The molecule has 12 N–H and O–H groups in total. The fourth-order valence-electron chi connectivity index (χ4n) is 7.87. The van der Waals surface area contributed by atoms with Crippen molar-refractivity contribution in [3.8, 4) is 12.0 Å². The highest BCUT2D eigenvalue weighted by atomic mass is 16.2. The van der Waals surface area contributed by atoms with Gasteiger partial charge in [-0.1, -0.05) is 78.7 Å². The molecule has 3 aromatic carbocycles. The highest BCUT2D eigenvalue weighted by Crippen LogP contribution is 2.21. The number of rotatable bonds is 11. The van der Waals surface area contributed by atoms with Crippen molar-refractivity contribution >= 4 is 63.3 Å². The number of benzene rings is 3. The van der Waals surface area contributed by atoms with Crippen LogP contribution in [0.15, 0.2) is 104 Å². The van der Waals surface area contributed by atoms with Crippen molar-refractivity contribution < 1.29 is 33.6 Å². The van der Waals surface area contributed by atoms with Gasteiger partial charge in [-0.2, -0.15) is 0 Å². The summed E-state index contributed by atoms with van der Waals surface area (Å²) in [7, 11) is 0. The fourth-order valence-corrected chi connectivity index (χ4v) is 7.87. The molecular weight excluding hydrogens is 881 g/mol. The van der Waals surface area contributed by atoms with Gasteiger partial charge in [-0.15, -0.1) is 6.58 Å². The van der Waals surface area contributed by atoms with Crippen LogP contribution in [0.3, 0.4) is 0 Å². The Morgan fingerprint density at radius 2 is 1.30 bits per heavy atom. The number of H-pyrrole nitrogens is 2. The molecule has 0 bridgehead atoms. The van der Waals surface area contributed by atoms with Crippen LogP contribution in [0.2, 0.25) is 0 Å². The van der Waals surface area contributed by atoms with E-state index in [2.05, 4.69) is 60.5 Å². The zero-order chi connectivity index (χ0) is 49.5. The Morgan fingerprint density at radius 3 is 1.91 bits per heavy atom. The SMILES string of the molecule is C=CCN1C#CCN(NC(=O)[C@H](C)N)C(=O)N[C@H](Cc2c[nH]c3ccccc23)C(=O)N[C@@H](C)C(=O)N[C@@H](Cc2c[nH]c3ccccc23)C(=O)N[C@H](Cc2ccccc2)C(=O)N[C@H](C(N)=O)CCCC1. The van der Waals surface area contributed by atoms with Gasteiger partial charge < -0.3 is 52.9 Å². The minimum absolute atomic E-state index is 0.0280. The molecule has 0 spiro atoms. The monoisotopic (exact) mass is 940 g/mol. The Balaban J connectivity index is 1.36. The van der Waals surface area contributed by atoms with Crippen LogP contribution in [0.25, 0.3) is 21.8 Å². The Hall–Kier alpha value is -8.11. The summed E-state index contributed by atoms with van der Waals surface area (Å²) < 4.78 is 0. The third kappa shape index (κ3) is 14.0. The number of urea groups is 1. The van der Waals surface area contributed by atoms with E-state index in [9.17, 15) is 33.6 Å². The van der Waals surface area contributed by atoms with Crippen LogP contribution in [0, 0.1) is 12.0 Å². The van der Waals surface area contributed by atoms with Gasteiger partial charge in [0.25, 0.3) is 5.91 Å². The van der Waals surface area contributed by atoms with E-state index >= 15 is 0 Å². The maximum absolute atomic E-state index is 14.6. The lowest BCUT2D eigenvalue weighted by atomic mass is 10.0. The summed E-state index contributed by atoms with van der Waals surface area (Å²) in [6.07, 6.45) is 6.14. The number of carbonyl (C=O) groups is 7. The van der Waals surface area contributed by atoms with Crippen LogP contribution in [0.1, 0.15) is 49.8 Å². The standard InChI is InChI=1S/C50H60N12O7/c1-4-22-61-23-13-12-21-40(44(52)63)56-48(67)41(26-33-15-6-5-7-16-33)58-49(68)42(27-34-29-53-38-19-10-8-17-36(34)38)57-46(65)32(3)55-47(66)43(28-35-30-54-39-20-11-9-18-37(35)39)59-50(69)62(25-14-24-61)60-45(64)31(2)51/h4-11,15-20,29-32,40-43,53-54H,1,12-13,21-23,25-28,51H2,2-3H3,(H2,52,63)(H,55,66)(H,56,67)(H,57,65)(H,58,68)(H,59,69)(H,60,64)/t31-,32-,40-,41+,42-,43+/m0/s1. The first-order chi connectivity index (χ1) is 33.2. The lowest BCUT2D eigenvalue weighted by Crippen LogP contribution is -2.60. The molecule has 0 fully saturated rings. The van der Waals surface area contributed by atoms with E-state index in [1.54, 1.807) is 47.6 Å². The van der Waals surface area contributed by atoms with E-state index in [0.29, 0.717) is 42.6 Å². The number of aromatic nitrogens is 2. The van der Waals surface area contributed by atoms with Crippen molar-refractivity contribution in [1.82, 2.24) is 51.9 Å². The Bertz CT molecular complexity index is 2700. The summed E-state index contributed by atoms with van der Waals surface area (Å²) in [5.74, 6) is -1.44. The third-order valence-electron chi connectivity index (χ3n) is 11.7. The predicted molar refractivity (Wildman–Crippen MR) is 261 cm³/mol. The van der Waals surface area contributed by atoms with Gasteiger partial charge in [0.15, 0.2) is 0 Å². The number of para-hydroxylation sites is 2. The van der Waals surface area contributed by atoms with E-state index in [1.165, 1.54) is 13.8 Å². The summed E-state index contributed by atoms with van der Waals surface area (Å²) >= 11 is 0. The molecule has 8 amide bonds. The number of aromatic amines is 2. The van der Waals surface area contributed by atoms with E-state index in [1.807, 2.05) is 54.6 Å². The topological polar surface area (TPSA) is 282 Å². The molecular formula is C50H60N12O7. The molecule has 5 aromatic rings. The molecule has 0 unspecified atom stereocenters. The zero-order valence-electron chi connectivity index (χ0n) is 38.7. The van der Waals surface area contributed by atoms with E-state index in [-0.39, 0.29) is 32.2 Å². The van der Waals surface area contributed by atoms with Crippen molar-refractivity contribution in [1.29, 1.82) is 0 Å². The van der Waals surface area contributed by atoms with Gasteiger partial charge in [0.05, 0.1) is 6.04 Å². The van der Waals surface area contributed by atoms with E-state index in [4.69, 9.17) is 11.5 Å². The molecule has 362 valence electrons. The molecule has 6 atom stereocenters. The number of hydrogen-bond donors (Lipinski definition) is 10. The molecule has 69 heavy (non-hydrogen) atoms. The second-order valence-corrected chi connectivity index (χ2v) is 17.0. The number of primary amides is 1. The normalized spacial score (nSPS) is 21.0. The Kier molecular flexibility index (Phi) is 17.5. The van der Waals surface area contributed by atoms with E-state index in [0.717, 1.165) is 26.8 Å². The largest absolute Gasteiger partial charge is 0.368 e. The maximum Gasteiger partial charge on any atom is 0.337 e. The fraction of sp³-hybridized carbons (Fsp3) is 0.340. The number of carbonyl (C=O) groups excluding carboxylic acids is 7. The quantitative estimate of drug-likeness (QED) is 0.0678. The number of amides is 8. The van der Waals surface area contributed by atoms with Crippen LogP contribution >= 0.6 is 0 Å². The first-order valence-corrected chi connectivity index (χ1v) is 22.8. The smallest absolute Gasteiger partial charge is 0.337 e. The van der Waals surface area contributed by atoms with Crippen molar-refractivity contribution in [2.45, 2.75) is 88.6 Å². The number of hydrogen-bond acceptors (Lipinski definition) is 9. The summed E-state index contributed by atoms with van der Waals surface area (Å²) in [6.45, 7) is 7.06. The second kappa shape index (κ2) is 24.1. The van der Waals surface area contributed by atoms with Crippen LogP contribution < -0.4 is 43.5 Å². The molecule has 0 aliphatic carbocycles. The van der Waals surface area contributed by atoms with Gasteiger partial charge in [0.1, 0.15) is 36.8 Å². The van der Waals surface area contributed by atoms with Gasteiger partial charge in [0.2, 0.25) is 29.5 Å². The van der Waals surface area contributed by atoms with E-state index < -0.39 is 77.7 Å².